The first-order valence-corrected chi connectivity index (χ1v) is 7.64. The van der Waals surface area contributed by atoms with E-state index in [4.69, 9.17) is 11.6 Å². The topological polar surface area (TPSA) is 44.9 Å². The summed E-state index contributed by atoms with van der Waals surface area (Å²) in [7, 11) is 0. The fourth-order valence-electron chi connectivity index (χ4n) is 2.35. The second-order valence-corrected chi connectivity index (χ2v) is 5.75. The smallest absolute Gasteiger partial charge is 0.361 e. The molecule has 3 aromatic rings. The lowest BCUT2D eigenvalue weighted by Crippen LogP contribution is -2.07. The van der Waals surface area contributed by atoms with Crippen molar-refractivity contribution in [2.75, 3.05) is 5.32 Å². The second-order valence-electron chi connectivity index (χ2n) is 5.34. The van der Waals surface area contributed by atoms with Crippen molar-refractivity contribution in [3.05, 3.63) is 70.9 Å². The average Bonchev–Trinajstić information content (AvgIpc) is 2.99. The molecule has 0 aliphatic heterocycles. The van der Waals surface area contributed by atoms with Crippen LogP contribution in [0.5, 0.6) is 0 Å². The van der Waals surface area contributed by atoms with Crippen LogP contribution in [0.25, 0.3) is 17.0 Å². The largest absolute Gasteiger partial charge is 0.417 e. The predicted molar refractivity (Wildman–Crippen MR) is 92.4 cm³/mol. The molecule has 3 nitrogen and oxygen atoms in total. The maximum atomic E-state index is 12.7. The number of carbonyl (C=O) groups excluding carboxylic acids is 1. The quantitative estimate of drug-likeness (QED) is 0.593. The molecular weight excluding hydrogens is 353 g/mol. The van der Waals surface area contributed by atoms with Gasteiger partial charge in [0.25, 0.3) is 0 Å². The van der Waals surface area contributed by atoms with Gasteiger partial charge in [0.15, 0.2) is 0 Å². The molecule has 1 aromatic heterocycles. The average molecular weight is 365 g/mol. The molecule has 0 aliphatic carbocycles. The van der Waals surface area contributed by atoms with Crippen molar-refractivity contribution < 1.29 is 18.0 Å². The number of alkyl halides is 3. The van der Waals surface area contributed by atoms with E-state index in [0.29, 0.717) is 11.3 Å². The van der Waals surface area contributed by atoms with Gasteiger partial charge in [-0.15, -0.1) is 0 Å². The highest BCUT2D eigenvalue weighted by Crippen LogP contribution is 2.35. The van der Waals surface area contributed by atoms with Crippen molar-refractivity contribution >= 4 is 40.2 Å². The number of aromatic nitrogens is 1. The Kier molecular flexibility index (Phi) is 4.55. The molecule has 3 rings (SSSR count). The van der Waals surface area contributed by atoms with Crippen molar-refractivity contribution in [3.63, 3.8) is 0 Å². The summed E-state index contributed by atoms with van der Waals surface area (Å²) in [5.41, 5.74) is 0.981. The third-order valence-electron chi connectivity index (χ3n) is 3.55. The molecule has 1 amide bonds. The number of hydrogen-bond donors (Lipinski definition) is 2. The van der Waals surface area contributed by atoms with Crippen molar-refractivity contribution in [3.8, 4) is 0 Å². The Morgan fingerprint density at radius 3 is 2.64 bits per heavy atom. The molecule has 2 aromatic carbocycles. The zero-order valence-electron chi connectivity index (χ0n) is 12.7. The van der Waals surface area contributed by atoms with Gasteiger partial charge >= 0.3 is 6.18 Å². The Labute approximate surface area is 146 Å². The van der Waals surface area contributed by atoms with Gasteiger partial charge < -0.3 is 10.3 Å². The minimum atomic E-state index is -4.51. The Balaban J connectivity index is 1.70. The number of halogens is 4. The molecule has 1 heterocycles. The standard InChI is InChI=1S/C18H12ClF3N2O/c19-15-9-11(1-5-14(15)18(20,21)22)2-6-17(25)24-13-4-3-12-7-8-23-16(12)10-13/h1-10,23H,(H,24,25)/b6-2+. The lowest BCUT2D eigenvalue weighted by Gasteiger charge is -2.09. The monoisotopic (exact) mass is 364 g/mol. The predicted octanol–water partition coefficient (Wildman–Crippen LogP) is 5.49. The van der Waals surface area contributed by atoms with Crippen LogP contribution in [0.2, 0.25) is 5.02 Å². The van der Waals surface area contributed by atoms with Gasteiger partial charge in [-0.3, -0.25) is 4.79 Å². The van der Waals surface area contributed by atoms with Crippen LogP contribution < -0.4 is 5.32 Å². The zero-order chi connectivity index (χ0) is 18.0. The third kappa shape index (κ3) is 4.03. The highest BCUT2D eigenvalue weighted by atomic mass is 35.5. The van der Waals surface area contributed by atoms with E-state index in [0.717, 1.165) is 17.0 Å². The maximum Gasteiger partial charge on any atom is 0.417 e. The molecule has 0 radical (unpaired) electrons. The third-order valence-corrected chi connectivity index (χ3v) is 3.86. The first-order valence-electron chi connectivity index (χ1n) is 7.26. The number of carbonyl (C=O) groups is 1. The Bertz CT molecular complexity index is 960. The highest BCUT2D eigenvalue weighted by molar-refractivity contribution is 6.31. The molecule has 25 heavy (non-hydrogen) atoms. The van der Waals surface area contributed by atoms with E-state index in [-0.39, 0.29) is 0 Å². The van der Waals surface area contributed by atoms with Crippen LogP contribution in [0.4, 0.5) is 18.9 Å². The van der Waals surface area contributed by atoms with Gasteiger partial charge in [-0.25, -0.2) is 0 Å². The zero-order valence-corrected chi connectivity index (χ0v) is 13.4. The molecule has 0 spiro atoms. The van der Waals surface area contributed by atoms with Gasteiger partial charge in [0.05, 0.1) is 10.6 Å². The molecule has 0 atom stereocenters. The molecule has 0 fully saturated rings. The van der Waals surface area contributed by atoms with Crippen LogP contribution in [0, 0.1) is 0 Å². The van der Waals surface area contributed by atoms with Crippen molar-refractivity contribution in [2.24, 2.45) is 0 Å². The molecule has 2 N–H and O–H groups in total. The first kappa shape index (κ1) is 17.1. The van der Waals surface area contributed by atoms with Crippen molar-refractivity contribution in [1.82, 2.24) is 4.98 Å². The minimum Gasteiger partial charge on any atom is -0.361 e. The van der Waals surface area contributed by atoms with Gasteiger partial charge in [-0.05, 0) is 47.4 Å². The van der Waals surface area contributed by atoms with Crippen LogP contribution in [0.3, 0.4) is 0 Å². The van der Waals surface area contributed by atoms with E-state index in [1.165, 1.54) is 24.3 Å². The van der Waals surface area contributed by atoms with Gasteiger partial charge in [-0.1, -0.05) is 23.7 Å². The highest BCUT2D eigenvalue weighted by Gasteiger charge is 2.32. The van der Waals surface area contributed by atoms with Crippen molar-refractivity contribution in [2.45, 2.75) is 6.18 Å². The van der Waals surface area contributed by atoms with Crippen molar-refractivity contribution in [1.29, 1.82) is 0 Å². The van der Waals surface area contributed by atoms with Crippen LogP contribution in [0.15, 0.2) is 54.7 Å². The van der Waals surface area contributed by atoms with E-state index in [2.05, 4.69) is 10.3 Å². The lowest BCUT2D eigenvalue weighted by molar-refractivity contribution is -0.137. The normalized spacial score (nSPS) is 12.0. The van der Waals surface area contributed by atoms with Crippen LogP contribution in [-0.2, 0) is 11.0 Å². The number of H-pyrrole nitrogens is 1. The Morgan fingerprint density at radius 2 is 1.92 bits per heavy atom. The Hall–Kier alpha value is -2.73. The van der Waals surface area contributed by atoms with Crippen LogP contribution >= 0.6 is 11.6 Å². The molecule has 0 saturated carbocycles. The number of rotatable bonds is 3. The fourth-order valence-corrected chi connectivity index (χ4v) is 2.64. The number of anilines is 1. The number of aromatic amines is 1. The molecule has 128 valence electrons. The molecule has 7 heteroatoms. The van der Waals surface area contributed by atoms with Crippen LogP contribution in [-0.4, -0.2) is 10.9 Å². The SMILES string of the molecule is O=C(/C=C/c1ccc(C(F)(F)F)c(Cl)c1)Nc1ccc2cc[nH]c2c1. The van der Waals surface area contributed by atoms with E-state index in [1.54, 1.807) is 18.3 Å². The summed E-state index contributed by atoms with van der Waals surface area (Å²) in [6.45, 7) is 0. The summed E-state index contributed by atoms with van der Waals surface area (Å²) in [5, 5.41) is 3.30. The molecule has 0 aliphatic rings. The summed E-state index contributed by atoms with van der Waals surface area (Å²) in [4.78, 5) is 15.0. The van der Waals surface area contributed by atoms with E-state index in [9.17, 15) is 18.0 Å². The molecule has 0 bridgehead atoms. The second kappa shape index (κ2) is 6.64. The molecule has 0 saturated heterocycles. The number of nitrogens with one attached hydrogen (secondary N) is 2. The summed E-state index contributed by atoms with van der Waals surface area (Å²) >= 11 is 5.65. The van der Waals surface area contributed by atoms with E-state index < -0.39 is 22.7 Å². The summed E-state index contributed by atoms with van der Waals surface area (Å²) in [6.07, 6.45) is -0.0793. The lowest BCUT2D eigenvalue weighted by atomic mass is 10.1. The van der Waals surface area contributed by atoms with Gasteiger partial charge in [0, 0.05) is 23.5 Å². The summed E-state index contributed by atoms with van der Waals surface area (Å²) in [5.74, 6) is -0.401. The van der Waals surface area contributed by atoms with Gasteiger partial charge in [0.2, 0.25) is 5.91 Å². The maximum absolute atomic E-state index is 12.7. The van der Waals surface area contributed by atoms with Gasteiger partial charge in [-0.2, -0.15) is 13.2 Å². The van der Waals surface area contributed by atoms with Crippen LogP contribution in [0.1, 0.15) is 11.1 Å². The number of amides is 1. The van der Waals surface area contributed by atoms with E-state index >= 15 is 0 Å². The Morgan fingerprint density at radius 1 is 1.12 bits per heavy atom. The van der Waals surface area contributed by atoms with E-state index in [1.807, 2.05) is 12.1 Å². The number of hydrogen-bond acceptors (Lipinski definition) is 1. The van der Waals surface area contributed by atoms with Gasteiger partial charge in [0.1, 0.15) is 0 Å². The number of benzene rings is 2. The number of fused-ring (bicyclic) bond motifs is 1. The summed E-state index contributed by atoms with van der Waals surface area (Å²) < 4.78 is 38.0. The molecular formula is C18H12ClF3N2O. The fraction of sp³-hybridized carbons (Fsp3) is 0.0556. The first-order chi connectivity index (χ1) is 11.8. The molecule has 0 unspecified atom stereocenters. The summed E-state index contributed by atoms with van der Waals surface area (Å²) in [6, 6.07) is 10.6. The minimum absolute atomic E-state index is 0.396.